The van der Waals surface area contributed by atoms with E-state index in [-0.39, 0.29) is 11.9 Å². The van der Waals surface area contributed by atoms with E-state index in [9.17, 15) is 4.79 Å². The smallest absolute Gasteiger partial charge is 0.237 e. The van der Waals surface area contributed by atoms with Crippen LogP contribution in [0.2, 0.25) is 0 Å². The molecule has 28 heavy (non-hydrogen) atoms. The van der Waals surface area contributed by atoms with Gasteiger partial charge in [0.1, 0.15) is 5.82 Å². The lowest BCUT2D eigenvalue weighted by Gasteiger charge is -2.38. The summed E-state index contributed by atoms with van der Waals surface area (Å²) in [4.78, 5) is 17.2. The molecule has 2 aliphatic carbocycles. The molecule has 0 radical (unpaired) electrons. The Kier molecular flexibility index (Phi) is 4.66. The highest BCUT2D eigenvalue weighted by atomic mass is 16.2. The number of aromatic nitrogens is 4. The largest absolute Gasteiger partial charge is 0.353 e. The van der Waals surface area contributed by atoms with Crippen molar-refractivity contribution >= 4 is 17.4 Å². The average molecular weight is 384 g/mol. The Balaban J connectivity index is 1.21. The number of rotatable bonds is 5. The van der Waals surface area contributed by atoms with Gasteiger partial charge < -0.3 is 10.2 Å². The number of amides is 1. The van der Waals surface area contributed by atoms with Crippen molar-refractivity contribution < 1.29 is 4.79 Å². The first-order valence-corrected chi connectivity index (χ1v) is 10.7. The Hall–Kier alpha value is -2.22. The van der Waals surface area contributed by atoms with Crippen LogP contribution in [-0.2, 0) is 4.79 Å². The number of carbonyl (C=O) groups excluding carboxylic acids is 1. The topological polar surface area (TPSA) is 78.7 Å². The molecule has 0 bridgehead atoms. The second-order valence-corrected chi connectivity index (χ2v) is 8.48. The molecule has 1 atom stereocenters. The van der Waals surface area contributed by atoms with Crippen molar-refractivity contribution in [1.29, 1.82) is 0 Å². The Morgan fingerprint density at radius 3 is 2.54 bits per heavy atom. The van der Waals surface area contributed by atoms with E-state index in [1.54, 1.807) is 0 Å². The molecule has 1 saturated heterocycles. The first-order valence-electron chi connectivity index (χ1n) is 10.7. The van der Waals surface area contributed by atoms with Crippen molar-refractivity contribution in [2.24, 2.45) is 0 Å². The van der Waals surface area contributed by atoms with Crippen molar-refractivity contribution in [3.63, 3.8) is 0 Å². The number of nitrogens with zero attached hydrogens (tertiary/aromatic N) is 6. The molecular formula is C20H29N7O. The first kappa shape index (κ1) is 17.8. The SMILES string of the molecule is CC(C(=O)NC1CCCC1)N1CCN(c2ccc3nnc(C4CC4)n3n2)CC1. The van der Waals surface area contributed by atoms with Crippen LogP contribution in [0.4, 0.5) is 5.82 Å². The molecule has 1 aliphatic heterocycles. The normalized spacial score (nSPS) is 22.7. The Labute approximate surface area is 165 Å². The van der Waals surface area contributed by atoms with Gasteiger partial charge in [-0.1, -0.05) is 12.8 Å². The van der Waals surface area contributed by atoms with Gasteiger partial charge in [0.2, 0.25) is 5.91 Å². The monoisotopic (exact) mass is 383 g/mol. The van der Waals surface area contributed by atoms with Gasteiger partial charge in [-0.15, -0.1) is 15.3 Å². The predicted octanol–water partition coefficient (Wildman–Crippen LogP) is 1.57. The van der Waals surface area contributed by atoms with Crippen molar-refractivity contribution in [2.45, 2.75) is 63.5 Å². The molecule has 2 saturated carbocycles. The lowest BCUT2D eigenvalue weighted by molar-refractivity contribution is -0.126. The number of carbonyl (C=O) groups is 1. The Morgan fingerprint density at radius 2 is 1.82 bits per heavy atom. The molecular weight excluding hydrogens is 354 g/mol. The molecule has 0 aromatic carbocycles. The van der Waals surface area contributed by atoms with Gasteiger partial charge in [-0.2, -0.15) is 4.52 Å². The number of piperazine rings is 1. The molecule has 1 amide bonds. The standard InChI is InChI=1S/C20H29N7O/c1-14(20(28)21-16-4-2-3-5-16)25-10-12-26(13-11-25)18-9-8-17-22-23-19(15-6-7-15)27(17)24-18/h8-9,14-16H,2-7,10-13H2,1H3,(H,21,28). The van der Waals surface area contributed by atoms with Crippen molar-refractivity contribution in [2.75, 3.05) is 31.1 Å². The maximum absolute atomic E-state index is 12.6. The third kappa shape index (κ3) is 3.45. The van der Waals surface area contributed by atoms with Crippen LogP contribution in [0.15, 0.2) is 12.1 Å². The number of fused-ring (bicyclic) bond motifs is 1. The highest BCUT2D eigenvalue weighted by molar-refractivity contribution is 5.81. The summed E-state index contributed by atoms with van der Waals surface area (Å²) in [6.07, 6.45) is 7.12. The molecule has 2 aromatic heterocycles. The summed E-state index contributed by atoms with van der Waals surface area (Å²) in [6.45, 7) is 5.53. The summed E-state index contributed by atoms with van der Waals surface area (Å²) < 4.78 is 1.91. The molecule has 3 heterocycles. The maximum Gasteiger partial charge on any atom is 0.237 e. The summed E-state index contributed by atoms with van der Waals surface area (Å²) in [5.74, 6) is 2.66. The Morgan fingerprint density at radius 1 is 1.07 bits per heavy atom. The molecule has 1 unspecified atom stereocenters. The summed E-state index contributed by atoms with van der Waals surface area (Å²) in [6, 6.07) is 4.35. The van der Waals surface area contributed by atoms with Gasteiger partial charge in [0.15, 0.2) is 11.5 Å². The van der Waals surface area contributed by atoms with Gasteiger partial charge in [0, 0.05) is 38.1 Å². The molecule has 150 valence electrons. The van der Waals surface area contributed by atoms with Gasteiger partial charge in [-0.05, 0) is 44.7 Å². The second-order valence-electron chi connectivity index (χ2n) is 8.48. The van der Waals surface area contributed by atoms with Crippen LogP contribution in [0, 0.1) is 0 Å². The predicted molar refractivity (Wildman–Crippen MR) is 106 cm³/mol. The van der Waals surface area contributed by atoms with Crippen LogP contribution in [0.3, 0.4) is 0 Å². The van der Waals surface area contributed by atoms with E-state index in [2.05, 4.69) is 25.3 Å². The number of hydrogen-bond acceptors (Lipinski definition) is 6. The fourth-order valence-corrected chi connectivity index (χ4v) is 4.46. The zero-order valence-corrected chi connectivity index (χ0v) is 16.5. The zero-order chi connectivity index (χ0) is 19.1. The van der Waals surface area contributed by atoms with Gasteiger partial charge in [0.25, 0.3) is 0 Å². The van der Waals surface area contributed by atoms with E-state index in [0.717, 1.165) is 56.3 Å². The minimum absolute atomic E-state index is 0.0718. The third-order valence-electron chi connectivity index (χ3n) is 6.48. The van der Waals surface area contributed by atoms with E-state index >= 15 is 0 Å². The fourth-order valence-electron chi connectivity index (χ4n) is 4.46. The van der Waals surface area contributed by atoms with E-state index in [1.807, 2.05) is 23.6 Å². The molecule has 3 fully saturated rings. The van der Waals surface area contributed by atoms with Crippen LogP contribution in [-0.4, -0.2) is 68.9 Å². The fraction of sp³-hybridized carbons (Fsp3) is 0.700. The van der Waals surface area contributed by atoms with Crippen LogP contribution in [0.25, 0.3) is 5.65 Å². The van der Waals surface area contributed by atoms with Crippen molar-refractivity contribution in [3.8, 4) is 0 Å². The maximum atomic E-state index is 12.6. The van der Waals surface area contributed by atoms with Crippen LogP contribution in [0.5, 0.6) is 0 Å². The number of hydrogen-bond donors (Lipinski definition) is 1. The van der Waals surface area contributed by atoms with Crippen molar-refractivity contribution in [3.05, 3.63) is 18.0 Å². The first-order chi connectivity index (χ1) is 13.7. The van der Waals surface area contributed by atoms with Crippen LogP contribution in [0.1, 0.15) is 57.2 Å². The lowest BCUT2D eigenvalue weighted by Crippen LogP contribution is -2.55. The Bertz CT molecular complexity index is 847. The van der Waals surface area contributed by atoms with E-state index in [4.69, 9.17) is 5.10 Å². The molecule has 3 aliphatic rings. The van der Waals surface area contributed by atoms with Crippen LogP contribution < -0.4 is 10.2 Å². The summed E-state index contributed by atoms with van der Waals surface area (Å²) >= 11 is 0. The summed E-state index contributed by atoms with van der Waals surface area (Å²) in [5.41, 5.74) is 0.821. The molecule has 8 nitrogen and oxygen atoms in total. The van der Waals surface area contributed by atoms with Gasteiger partial charge in [-0.25, -0.2) is 0 Å². The minimum atomic E-state index is -0.0718. The highest BCUT2D eigenvalue weighted by Gasteiger charge is 2.30. The molecule has 5 rings (SSSR count). The molecule has 0 spiro atoms. The average Bonchev–Trinajstić information content (AvgIpc) is 3.27. The van der Waals surface area contributed by atoms with Gasteiger partial charge >= 0.3 is 0 Å². The molecule has 8 heteroatoms. The number of anilines is 1. The zero-order valence-electron chi connectivity index (χ0n) is 16.5. The summed E-state index contributed by atoms with van der Waals surface area (Å²) in [7, 11) is 0. The van der Waals surface area contributed by atoms with Crippen LogP contribution >= 0.6 is 0 Å². The minimum Gasteiger partial charge on any atom is -0.353 e. The van der Waals surface area contributed by atoms with Crippen molar-refractivity contribution in [1.82, 2.24) is 30.0 Å². The highest BCUT2D eigenvalue weighted by Crippen LogP contribution is 2.38. The number of nitrogens with one attached hydrogen (secondary N) is 1. The third-order valence-corrected chi connectivity index (χ3v) is 6.48. The second kappa shape index (κ2) is 7.31. The summed E-state index contributed by atoms with van der Waals surface area (Å²) in [5, 5.41) is 16.6. The lowest BCUT2D eigenvalue weighted by atomic mass is 10.2. The molecule has 2 aromatic rings. The quantitative estimate of drug-likeness (QED) is 0.844. The van der Waals surface area contributed by atoms with E-state index in [0.29, 0.717) is 12.0 Å². The van der Waals surface area contributed by atoms with E-state index in [1.165, 1.54) is 25.7 Å². The van der Waals surface area contributed by atoms with E-state index < -0.39 is 0 Å². The molecule has 1 N–H and O–H groups in total. The van der Waals surface area contributed by atoms with Gasteiger partial charge in [0.05, 0.1) is 6.04 Å². The van der Waals surface area contributed by atoms with Gasteiger partial charge in [-0.3, -0.25) is 9.69 Å².